The average molecular weight is 419 g/mol. The highest BCUT2D eigenvalue weighted by Crippen LogP contribution is 2.42. The predicted octanol–water partition coefficient (Wildman–Crippen LogP) is 5.22. The number of aryl methyl sites for hydroxylation is 3. The van der Waals surface area contributed by atoms with Crippen LogP contribution < -0.4 is 4.90 Å². The molecule has 1 amide bonds. The number of rotatable bonds is 4. The maximum atomic E-state index is 13.7. The van der Waals surface area contributed by atoms with Gasteiger partial charge in [-0.2, -0.15) is 0 Å². The number of hydrogen-bond donors (Lipinski definition) is 1. The Bertz CT molecular complexity index is 1210. The van der Waals surface area contributed by atoms with E-state index in [4.69, 9.17) is 4.42 Å². The molecular weight excluding hydrogens is 397 g/mol. The molecule has 1 aliphatic heterocycles. The fourth-order valence-corrected chi connectivity index (χ4v) is 3.81. The molecule has 0 aliphatic carbocycles. The molecule has 6 heteroatoms. The molecule has 31 heavy (non-hydrogen) atoms. The Kier molecular flexibility index (Phi) is 5.23. The number of Topliss-reactive ketones (excluding diaryl/α,β-unsaturated/α-hetero) is 1. The minimum Gasteiger partial charge on any atom is -0.507 e. The van der Waals surface area contributed by atoms with E-state index in [9.17, 15) is 19.1 Å². The van der Waals surface area contributed by atoms with Crippen LogP contribution in [0.15, 0.2) is 64.6 Å². The summed E-state index contributed by atoms with van der Waals surface area (Å²) in [6.07, 6.45) is 0.837. The van der Waals surface area contributed by atoms with Gasteiger partial charge >= 0.3 is 0 Å². The molecule has 1 aliphatic rings. The quantitative estimate of drug-likeness (QED) is 0.357. The molecular formula is C25H22FNO4. The number of anilines is 1. The lowest BCUT2D eigenvalue weighted by atomic mass is 9.98. The number of aliphatic hydroxyl groups is 1. The highest BCUT2D eigenvalue weighted by atomic mass is 19.1. The van der Waals surface area contributed by atoms with E-state index in [0.29, 0.717) is 22.8 Å². The molecule has 1 atom stereocenters. The topological polar surface area (TPSA) is 70.8 Å². The zero-order chi connectivity index (χ0) is 22.3. The molecule has 0 saturated carbocycles. The van der Waals surface area contributed by atoms with E-state index in [1.807, 2.05) is 19.1 Å². The first kappa shape index (κ1) is 20.6. The lowest BCUT2D eigenvalue weighted by Crippen LogP contribution is -2.29. The van der Waals surface area contributed by atoms with Crippen molar-refractivity contribution in [1.29, 1.82) is 0 Å². The van der Waals surface area contributed by atoms with Gasteiger partial charge in [-0.05, 0) is 73.9 Å². The van der Waals surface area contributed by atoms with E-state index >= 15 is 0 Å². The van der Waals surface area contributed by atoms with Crippen molar-refractivity contribution < 1.29 is 23.5 Å². The third-order valence-electron chi connectivity index (χ3n) is 5.53. The number of benzene rings is 2. The van der Waals surface area contributed by atoms with Gasteiger partial charge in [-0.25, -0.2) is 4.39 Å². The van der Waals surface area contributed by atoms with Crippen LogP contribution in [0.4, 0.5) is 10.1 Å². The van der Waals surface area contributed by atoms with Crippen LogP contribution in [0.25, 0.3) is 5.76 Å². The number of amides is 1. The Morgan fingerprint density at radius 1 is 1.06 bits per heavy atom. The number of furan rings is 1. The molecule has 1 N–H and O–H groups in total. The minimum absolute atomic E-state index is 0.0927. The summed E-state index contributed by atoms with van der Waals surface area (Å²) in [5.74, 6) is -1.41. The molecule has 0 bridgehead atoms. The van der Waals surface area contributed by atoms with Gasteiger partial charge in [-0.3, -0.25) is 14.5 Å². The molecule has 1 fully saturated rings. The molecule has 1 saturated heterocycles. The van der Waals surface area contributed by atoms with Gasteiger partial charge in [0.25, 0.3) is 11.7 Å². The molecule has 3 aromatic rings. The molecule has 0 spiro atoms. The number of carbonyl (C=O) groups excluding carboxylic acids is 2. The van der Waals surface area contributed by atoms with Gasteiger partial charge in [0.1, 0.15) is 29.1 Å². The number of carbonyl (C=O) groups is 2. The van der Waals surface area contributed by atoms with Gasteiger partial charge in [-0.15, -0.1) is 0 Å². The lowest BCUT2D eigenvalue weighted by molar-refractivity contribution is -0.132. The first-order valence-electron chi connectivity index (χ1n) is 10.0. The van der Waals surface area contributed by atoms with Crippen LogP contribution in [0.5, 0.6) is 0 Å². The Balaban J connectivity index is 1.91. The molecule has 5 nitrogen and oxygen atoms in total. The second kappa shape index (κ2) is 7.87. The molecule has 1 aromatic heterocycles. The van der Waals surface area contributed by atoms with E-state index in [0.717, 1.165) is 12.0 Å². The van der Waals surface area contributed by atoms with Crippen molar-refractivity contribution >= 4 is 23.1 Å². The summed E-state index contributed by atoms with van der Waals surface area (Å²) in [4.78, 5) is 27.4. The second-order valence-corrected chi connectivity index (χ2v) is 7.60. The van der Waals surface area contributed by atoms with Crippen LogP contribution in [0.2, 0.25) is 0 Å². The normalized spacial score (nSPS) is 18.1. The number of aliphatic hydroxyl groups excluding tert-OH is 1. The summed E-state index contributed by atoms with van der Waals surface area (Å²) in [6, 6.07) is 13.8. The maximum absolute atomic E-state index is 13.7. The second-order valence-electron chi connectivity index (χ2n) is 7.60. The van der Waals surface area contributed by atoms with Gasteiger partial charge < -0.3 is 9.52 Å². The third-order valence-corrected chi connectivity index (χ3v) is 5.53. The minimum atomic E-state index is -0.938. The van der Waals surface area contributed by atoms with Gasteiger partial charge in [0.15, 0.2) is 0 Å². The van der Waals surface area contributed by atoms with Gasteiger partial charge in [0.2, 0.25) is 0 Å². The monoisotopic (exact) mass is 419 g/mol. The van der Waals surface area contributed by atoms with Crippen LogP contribution in [-0.4, -0.2) is 16.8 Å². The lowest BCUT2D eigenvalue weighted by Gasteiger charge is -2.23. The molecule has 158 valence electrons. The summed E-state index contributed by atoms with van der Waals surface area (Å²) in [5.41, 5.74) is 2.09. The number of halogens is 1. The molecule has 1 unspecified atom stereocenters. The van der Waals surface area contributed by atoms with Crippen LogP contribution in [-0.2, 0) is 16.0 Å². The van der Waals surface area contributed by atoms with Crippen molar-refractivity contribution in [1.82, 2.24) is 0 Å². The summed E-state index contributed by atoms with van der Waals surface area (Å²) in [6.45, 7) is 5.35. The zero-order valence-corrected chi connectivity index (χ0v) is 17.5. The van der Waals surface area contributed by atoms with Crippen molar-refractivity contribution in [3.63, 3.8) is 0 Å². The Morgan fingerprint density at radius 3 is 2.35 bits per heavy atom. The van der Waals surface area contributed by atoms with E-state index in [1.54, 1.807) is 38.1 Å². The zero-order valence-electron chi connectivity index (χ0n) is 17.5. The molecule has 0 radical (unpaired) electrons. The SMILES string of the molecule is CCc1ccc(N2C(=O)C(=O)/C(=C(\O)c3ccc(F)c(C)c3)C2c2ccc(C)o2)cc1. The number of nitrogens with zero attached hydrogens (tertiary/aromatic N) is 1. The van der Waals surface area contributed by atoms with E-state index in [2.05, 4.69) is 0 Å². The first-order chi connectivity index (χ1) is 14.8. The van der Waals surface area contributed by atoms with Gasteiger partial charge in [0.05, 0.1) is 5.57 Å². The largest absolute Gasteiger partial charge is 0.507 e. The first-order valence-corrected chi connectivity index (χ1v) is 10.0. The summed E-state index contributed by atoms with van der Waals surface area (Å²) in [7, 11) is 0. The Morgan fingerprint density at radius 2 is 1.77 bits per heavy atom. The smallest absolute Gasteiger partial charge is 0.300 e. The summed E-state index contributed by atoms with van der Waals surface area (Å²) < 4.78 is 19.5. The molecule has 2 heterocycles. The predicted molar refractivity (Wildman–Crippen MR) is 115 cm³/mol. The van der Waals surface area contributed by atoms with Crippen molar-refractivity contribution in [2.24, 2.45) is 0 Å². The van der Waals surface area contributed by atoms with Gasteiger partial charge in [0, 0.05) is 11.3 Å². The van der Waals surface area contributed by atoms with Crippen LogP contribution >= 0.6 is 0 Å². The van der Waals surface area contributed by atoms with E-state index in [-0.39, 0.29) is 16.9 Å². The van der Waals surface area contributed by atoms with Crippen molar-refractivity contribution in [2.45, 2.75) is 33.2 Å². The third kappa shape index (κ3) is 3.54. The van der Waals surface area contributed by atoms with Gasteiger partial charge in [-0.1, -0.05) is 19.1 Å². The summed E-state index contributed by atoms with van der Waals surface area (Å²) >= 11 is 0. The number of ketones is 1. The Hall–Kier alpha value is -3.67. The standard InChI is InChI=1S/C25H22FNO4/c1-4-16-6-9-18(10-7-16)27-22(20-12-5-15(3)31-20)21(24(29)25(27)30)23(28)17-8-11-19(26)14(2)13-17/h5-13,22,28H,4H2,1-3H3/b23-21-. The van der Waals surface area contributed by atoms with Crippen molar-refractivity contribution in [3.8, 4) is 0 Å². The fraction of sp³-hybridized carbons (Fsp3) is 0.200. The van der Waals surface area contributed by atoms with E-state index < -0.39 is 23.5 Å². The fourth-order valence-electron chi connectivity index (χ4n) is 3.81. The van der Waals surface area contributed by atoms with Crippen LogP contribution in [0, 0.1) is 19.7 Å². The highest BCUT2D eigenvalue weighted by molar-refractivity contribution is 6.51. The number of hydrogen-bond acceptors (Lipinski definition) is 4. The Labute approximate surface area is 179 Å². The average Bonchev–Trinajstić information content (AvgIpc) is 3.30. The van der Waals surface area contributed by atoms with Crippen LogP contribution in [0.1, 0.15) is 41.2 Å². The summed E-state index contributed by atoms with van der Waals surface area (Å²) in [5, 5.41) is 11.0. The van der Waals surface area contributed by atoms with Crippen molar-refractivity contribution in [3.05, 3.63) is 94.2 Å². The van der Waals surface area contributed by atoms with E-state index in [1.165, 1.54) is 23.1 Å². The highest BCUT2D eigenvalue weighted by Gasteiger charge is 2.48. The molecule has 4 rings (SSSR count). The van der Waals surface area contributed by atoms with Crippen LogP contribution in [0.3, 0.4) is 0 Å². The molecule has 2 aromatic carbocycles. The maximum Gasteiger partial charge on any atom is 0.300 e. The van der Waals surface area contributed by atoms with Crippen molar-refractivity contribution in [2.75, 3.05) is 4.90 Å².